The first-order valence-electron chi connectivity index (χ1n) is 5.98. The van der Waals surface area contributed by atoms with E-state index in [0.29, 0.717) is 5.56 Å². The standard InChI is InChI=1S/C12H18N4O/c13-12(17)10-3-4-11(15-9-10)14-5-8-16-6-1-2-7-16/h3-4,9H,1-2,5-8H2,(H2,13,17)(H,14,15). The summed E-state index contributed by atoms with van der Waals surface area (Å²) in [6.07, 6.45) is 4.12. The highest BCUT2D eigenvalue weighted by atomic mass is 16.1. The molecule has 1 aromatic rings. The second-order valence-electron chi connectivity index (χ2n) is 4.27. The molecule has 1 aliphatic heterocycles. The summed E-state index contributed by atoms with van der Waals surface area (Å²) >= 11 is 0. The molecule has 0 aliphatic carbocycles. The SMILES string of the molecule is NC(=O)c1ccc(NCCN2CCCC2)nc1. The fourth-order valence-corrected chi connectivity index (χ4v) is 1.99. The van der Waals surface area contributed by atoms with Crippen LogP contribution in [0.15, 0.2) is 18.3 Å². The molecule has 0 aromatic carbocycles. The molecule has 1 aliphatic rings. The van der Waals surface area contributed by atoms with E-state index >= 15 is 0 Å². The number of nitrogens with two attached hydrogens (primary N) is 1. The smallest absolute Gasteiger partial charge is 0.250 e. The van der Waals surface area contributed by atoms with E-state index in [4.69, 9.17) is 5.73 Å². The molecule has 5 nitrogen and oxygen atoms in total. The van der Waals surface area contributed by atoms with Gasteiger partial charge in [0.05, 0.1) is 5.56 Å². The average molecular weight is 234 g/mol. The Morgan fingerprint density at radius 2 is 2.18 bits per heavy atom. The lowest BCUT2D eigenvalue weighted by atomic mass is 10.3. The van der Waals surface area contributed by atoms with Gasteiger partial charge >= 0.3 is 0 Å². The summed E-state index contributed by atoms with van der Waals surface area (Å²) in [5.74, 6) is 0.343. The van der Waals surface area contributed by atoms with Gasteiger partial charge in [0.25, 0.3) is 0 Å². The summed E-state index contributed by atoms with van der Waals surface area (Å²) in [6, 6.07) is 3.47. The van der Waals surface area contributed by atoms with Crippen LogP contribution >= 0.6 is 0 Å². The van der Waals surface area contributed by atoms with Gasteiger partial charge in [0.1, 0.15) is 5.82 Å². The van der Waals surface area contributed by atoms with Crippen molar-refractivity contribution in [3.8, 4) is 0 Å². The molecule has 5 heteroatoms. The predicted octanol–water partition coefficient (Wildman–Crippen LogP) is 0.688. The van der Waals surface area contributed by atoms with Crippen molar-refractivity contribution in [2.45, 2.75) is 12.8 Å². The van der Waals surface area contributed by atoms with E-state index < -0.39 is 5.91 Å². The molecule has 2 rings (SSSR count). The maximum Gasteiger partial charge on any atom is 0.250 e. The largest absolute Gasteiger partial charge is 0.369 e. The summed E-state index contributed by atoms with van der Waals surface area (Å²) in [5, 5.41) is 3.23. The second kappa shape index (κ2) is 5.63. The van der Waals surface area contributed by atoms with Crippen molar-refractivity contribution in [3.63, 3.8) is 0 Å². The Balaban J connectivity index is 1.76. The zero-order valence-corrected chi connectivity index (χ0v) is 9.85. The Labute approximate surface area is 101 Å². The zero-order chi connectivity index (χ0) is 12.1. The van der Waals surface area contributed by atoms with Crippen molar-refractivity contribution >= 4 is 11.7 Å². The number of carbonyl (C=O) groups excluding carboxylic acids is 1. The number of hydrogen-bond acceptors (Lipinski definition) is 4. The fourth-order valence-electron chi connectivity index (χ4n) is 1.99. The number of likely N-dealkylation sites (tertiary alicyclic amines) is 1. The van der Waals surface area contributed by atoms with Crippen molar-refractivity contribution in [2.75, 3.05) is 31.5 Å². The number of pyridine rings is 1. The van der Waals surface area contributed by atoms with Gasteiger partial charge in [-0.3, -0.25) is 4.79 Å². The molecule has 2 heterocycles. The third-order valence-corrected chi connectivity index (χ3v) is 2.98. The first-order chi connectivity index (χ1) is 8.25. The lowest BCUT2D eigenvalue weighted by Gasteiger charge is -2.14. The third kappa shape index (κ3) is 3.42. The number of aromatic nitrogens is 1. The molecule has 0 unspecified atom stereocenters. The van der Waals surface area contributed by atoms with Crippen LogP contribution in [0.3, 0.4) is 0 Å². The number of amides is 1. The predicted molar refractivity (Wildman–Crippen MR) is 66.9 cm³/mol. The Hall–Kier alpha value is -1.62. The minimum absolute atomic E-state index is 0.440. The maximum absolute atomic E-state index is 10.9. The summed E-state index contributed by atoms with van der Waals surface area (Å²) in [4.78, 5) is 17.4. The van der Waals surface area contributed by atoms with Gasteiger partial charge in [-0.25, -0.2) is 4.98 Å². The molecular formula is C12H18N4O. The topological polar surface area (TPSA) is 71.2 Å². The lowest BCUT2D eigenvalue weighted by Crippen LogP contribution is -2.26. The van der Waals surface area contributed by atoms with Crippen LogP contribution in [0, 0.1) is 0 Å². The molecule has 17 heavy (non-hydrogen) atoms. The molecule has 0 atom stereocenters. The molecular weight excluding hydrogens is 216 g/mol. The number of rotatable bonds is 5. The van der Waals surface area contributed by atoms with Gasteiger partial charge in [-0.1, -0.05) is 0 Å². The van der Waals surface area contributed by atoms with Crippen LogP contribution in [0.1, 0.15) is 23.2 Å². The number of primary amides is 1. The highest BCUT2D eigenvalue weighted by molar-refractivity contribution is 5.92. The van der Waals surface area contributed by atoms with Gasteiger partial charge in [-0.2, -0.15) is 0 Å². The molecule has 92 valence electrons. The maximum atomic E-state index is 10.9. The normalized spacial score (nSPS) is 16.0. The molecule has 1 aromatic heterocycles. The van der Waals surface area contributed by atoms with E-state index in [9.17, 15) is 4.79 Å². The molecule has 0 bridgehead atoms. The first kappa shape index (κ1) is 11.9. The van der Waals surface area contributed by atoms with Gasteiger partial charge in [-0.05, 0) is 38.1 Å². The van der Waals surface area contributed by atoms with Crippen molar-refractivity contribution in [1.82, 2.24) is 9.88 Å². The molecule has 1 fully saturated rings. The Bertz CT molecular complexity index is 371. The molecule has 1 amide bonds. The number of hydrogen-bond donors (Lipinski definition) is 2. The van der Waals surface area contributed by atoms with Crippen LogP contribution in [0.25, 0.3) is 0 Å². The molecule has 0 spiro atoms. The van der Waals surface area contributed by atoms with E-state index in [1.165, 1.54) is 32.1 Å². The van der Waals surface area contributed by atoms with E-state index in [2.05, 4.69) is 15.2 Å². The highest BCUT2D eigenvalue weighted by Gasteiger charge is 2.10. The molecule has 0 radical (unpaired) electrons. The van der Waals surface area contributed by atoms with Gasteiger partial charge in [0.15, 0.2) is 0 Å². The van der Waals surface area contributed by atoms with E-state index in [-0.39, 0.29) is 0 Å². The van der Waals surface area contributed by atoms with E-state index in [0.717, 1.165) is 18.9 Å². The minimum atomic E-state index is -0.443. The van der Waals surface area contributed by atoms with Crippen LogP contribution in [-0.2, 0) is 0 Å². The van der Waals surface area contributed by atoms with Gasteiger partial charge in [0.2, 0.25) is 5.91 Å². The zero-order valence-electron chi connectivity index (χ0n) is 9.85. The van der Waals surface area contributed by atoms with E-state index in [1.54, 1.807) is 12.1 Å². The highest BCUT2D eigenvalue weighted by Crippen LogP contribution is 2.07. The molecule has 3 N–H and O–H groups in total. The summed E-state index contributed by atoms with van der Waals surface area (Å²) in [6.45, 7) is 4.33. The number of carbonyl (C=O) groups is 1. The van der Waals surface area contributed by atoms with Crippen LogP contribution < -0.4 is 11.1 Å². The van der Waals surface area contributed by atoms with Gasteiger partial charge in [-0.15, -0.1) is 0 Å². The minimum Gasteiger partial charge on any atom is -0.369 e. The number of nitrogens with zero attached hydrogens (tertiary/aromatic N) is 2. The van der Waals surface area contributed by atoms with E-state index in [1.807, 2.05) is 0 Å². The van der Waals surface area contributed by atoms with Crippen molar-refractivity contribution < 1.29 is 4.79 Å². The monoisotopic (exact) mass is 234 g/mol. The third-order valence-electron chi connectivity index (χ3n) is 2.98. The lowest BCUT2D eigenvalue weighted by molar-refractivity contribution is 0.1000. The summed E-state index contributed by atoms with van der Waals surface area (Å²) < 4.78 is 0. The van der Waals surface area contributed by atoms with Crippen molar-refractivity contribution in [1.29, 1.82) is 0 Å². The van der Waals surface area contributed by atoms with Gasteiger partial charge in [0, 0.05) is 19.3 Å². The average Bonchev–Trinajstić information content (AvgIpc) is 2.83. The Morgan fingerprint density at radius 1 is 1.41 bits per heavy atom. The number of anilines is 1. The van der Waals surface area contributed by atoms with Crippen LogP contribution in [-0.4, -0.2) is 42.0 Å². The molecule has 0 saturated carbocycles. The quantitative estimate of drug-likeness (QED) is 0.786. The van der Waals surface area contributed by atoms with Crippen LogP contribution in [0.4, 0.5) is 5.82 Å². The van der Waals surface area contributed by atoms with Crippen LogP contribution in [0.5, 0.6) is 0 Å². The second-order valence-corrected chi connectivity index (χ2v) is 4.27. The first-order valence-corrected chi connectivity index (χ1v) is 5.98. The number of nitrogens with one attached hydrogen (secondary N) is 1. The Kier molecular flexibility index (Phi) is 3.93. The van der Waals surface area contributed by atoms with Crippen LogP contribution in [0.2, 0.25) is 0 Å². The fraction of sp³-hybridized carbons (Fsp3) is 0.500. The van der Waals surface area contributed by atoms with Crippen molar-refractivity contribution in [3.05, 3.63) is 23.9 Å². The molecule has 1 saturated heterocycles. The van der Waals surface area contributed by atoms with Gasteiger partial charge < -0.3 is 16.0 Å². The summed E-state index contributed by atoms with van der Waals surface area (Å²) in [5.41, 5.74) is 5.58. The Morgan fingerprint density at radius 3 is 2.76 bits per heavy atom. The summed E-state index contributed by atoms with van der Waals surface area (Å²) in [7, 11) is 0. The van der Waals surface area contributed by atoms with Crippen molar-refractivity contribution in [2.24, 2.45) is 5.73 Å².